The number of carbonyl (C=O) groups excluding carboxylic acids is 1. The number of aryl methyl sites for hydroxylation is 1. The van der Waals surface area contributed by atoms with E-state index < -0.39 is 0 Å². The lowest BCUT2D eigenvalue weighted by atomic mass is 10.1. The molecular formula is C22H26N4O3S2. The van der Waals surface area contributed by atoms with Gasteiger partial charge in [0.15, 0.2) is 0 Å². The van der Waals surface area contributed by atoms with Crippen molar-refractivity contribution >= 4 is 51.7 Å². The second-order valence-electron chi connectivity index (χ2n) is 7.77. The molecule has 4 rings (SSSR count). The van der Waals surface area contributed by atoms with Gasteiger partial charge < -0.3 is 9.64 Å². The van der Waals surface area contributed by atoms with Gasteiger partial charge in [-0.1, -0.05) is 30.0 Å². The van der Waals surface area contributed by atoms with E-state index in [0.29, 0.717) is 45.8 Å². The number of carbonyl (C=O) groups is 1. The van der Waals surface area contributed by atoms with Crippen LogP contribution < -0.4 is 10.5 Å². The Bertz CT molecular complexity index is 1110. The molecule has 2 aromatic heterocycles. The van der Waals surface area contributed by atoms with E-state index >= 15 is 0 Å². The summed E-state index contributed by atoms with van der Waals surface area (Å²) in [4.78, 5) is 35.6. The van der Waals surface area contributed by atoms with E-state index in [-0.39, 0.29) is 11.5 Å². The lowest BCUT2D eigenvalue weighted by molar-refractivity contribution is -0.122. The Kier molecular flexibility index (Phi) is 6.74. The van der Waals surface area contributed by atoms with E-state index in [0.717, 1.165) is 31.5 Å². The molecule has 2 aromatic rings. The SMILES string of the molecule is COCCCN1C(=O)C(=Cc2c(N3CCCCC3)nc3c(C)cccn3c2=O)SC1=S. The highest BCUT2D eigenvalue weighted by Gasteiger charge is 2.32. The molecule has 4 heterocycles. The summed E-state index contributed by atoms with van der Waals surface area (Å²) in [5.41, 5.74) is 1.87. The van der Waals surface area contributed by atoms with Crippen LogP contribution in [0.3, 0.4) is 0 Å². The van der Waals surface area contributed by atoms with Crippen molar-refractivity contribution in [3.8, 4) is 0 Å². The average molecular weight is 459 g/mol. The zero-order chi connectivity index (χ0) is 22.0. The van der Waals surface area contributed by atoms with Gasteiger partial charge in [0.1, 0.15) is 15.8 Å². The van der Waals surface area contributed by atoms with E-state index in [1.165, 1.54) is 18.2 Å². The first-order valence-corrected chi connectivity index (χ1v) is 11.7. The van der Waals surface area contributed by atoms with Gasteiger partial charge in [-0.05, 0) is 50.3 Å². The summed E-state index contributed by atoms with van der Waals surface area (Å²) >= 11 is 6.66. The van der Waals surface area contributed by atoms with Gasteiger partial charge in [-0.15, -0.1) is 0 Å². The molecule has 0 saturated carbocycles. The molecule has 2 saturated heterocycles. The molecule has 164 valence electrons. The van der Waals surface area contributed by atoms with Crippen molar-refractivity contribution in [2.45, 2.75) is 32.6 Å². The lowest BCUT2D eigenvalue weighted by Crippen LogP contribution is -2.34. The average Bonchev–Trinajstić information content (AvgIpc) is 3.04. The fourth-order valence-electron chi connectivity index (χ4n) is 3.96. The van der Waals surface area contributed by atoms with Crippen LogP contribution in [0.15, 0.2) is 28.0 Å². The Morgan fingerprint density at radius 1 is 1.26 bits per heavy atom. The maximum atomic E-state index is 13.5. The second kappa shape index (κ2) is 9.50. The Labute approximate surface area is 191 Å². The maximum Gasteiger partial charge on any atom is 0.267 e. The number of thioether (sulfide) groups is 1. The minimum absolute atomic E-state index is 0.163. The predicted molar refractivity (Wildman–Crippen MR) is 129 cm³/mol. The van der Waals surface area contributed by atoms with Crippen LogP contribution in [0.2, 0.25) is 0 Å². The summed E-state index contributed by atoms with van der Waals surface area (Å²) in [6, 6.07) is 3.79. The fraction of sp³-hybridized carbons (Fsp3) is 0.455. The number of hydrogen-bond acceptors (Lipinski definition) is 7. The number of rotatable bonds is 6. The minimum atomic E-state index is -0.168. The van der Waals surface area contributed by atoms with Crippen molar-refractivity contribution in [1.82, 2.24) is 14.3 Å². The number of anilines is 1. The molecule has 0 unspecified atom stereocenters. The quantitative estimate of drug-likeness (QED) is 0.374. The third kappa shape index (κ3) is 4.40. The van der Waals surface area contributed by atoms with Crippen LogP contribution in [-0.2, 0) is 9.53 Å². The number of fused-ring (bicyclic) bond motifs is 1. The number of methoxy groups -OCH3 is 1. The summed E-state index contributed by atoms with van der Waals surface area (Å²) in [5.74, 6) is 0.494. The Morgan fingerprint density at radius 3 is 2.77 bits per heavy atom. The van der Waals surface area contributed by atoms with Gasteiger partial charge in [-0.2, -0.15) is 0 Å². The number of thiocarbonyl (C=S) groups is 1. The first-order valence-electron chi connectivity index (χ1n) is 10.5. The first kappa shape index (κ1) is 22.0. The number of amides is 1. The third-order valence-corrected chi connectivity index (χ3v) is 6.98. The first-order chi connectivity index (χ1) is 15.0. The van der Waals surface area contributed by atoms with E-state index in [1.54, 1.807) is 28.7 Å². The molecule has 2 aliphatic heterocycles. The smallest absolute Gasteiger partial charge is 0.267 e. The molecule has 7 nitrogen and oxygen atoms in total. The van der Waals surface area contributed by atoms with Crippen molar-refractivity contribution in [2.24, 2.45) is 0 Å². The summed E-state index contributed by atoms with van der Waals surface area (Å²) in [7, 11) is 1.63. The number of piperidine rings is 1. The van der Waals surface area contributed by atoms with E-state index in [2.05, 4.69) is 4.90 Å². The molecular weight excluding hydrogens is 432 g/mol. The molecule has 0 spiro atoms. The van der Waals surface area contributed by atoms with Gasteiger partial charge in [0.25, 0.3) is 11.5 Å². The van der Waals surface area contributed by atoms with Gasteiger partial charge in [0, 0.05) is 39.5 Å². The molecule has 0 aliphatic carbocycles. The lowest BCUT2D eigenvalue weighted by Gasteiger charge is -2.29. The van der Waals surface area contributed by atoms with Crippen LogP contribution >= 0.6 is 24.0 Å². The van der Waals surface area contributed by atoms with Crippen molar-refractivity contribution in [2.75, 3.05) is 38.3 Å². The highest BCUT2D eigenvalue weighted by atomic mass is 32.2. The van der Waals surface area contributed by atoms with E-state index in [1.807, 2.05) is 19.1 Å². The van der Waals surface area contributed by atoms with Gasteiger partial charge >= 0.3 is 0 Å². The predicted octanol–water partition coefficient (Wildman–Crippen LogP) is 3.23. The van der Waals surface area contributed by atoms with Crippen molar-refractivity contribution in [1.29, 1.82) is 0 Å². The van der Waals surface area contributed by atoms with E-state index in [4.69, 9.17) is 21.9 Å². The van der Waals surface area contributed by atoms with Crippen LogP contribution in [-0.4, -0.2) is 57.9 Å². The molecule has 2 aliphatic rings. The van der Waals surface area contributed by atoms with Crippen LogP contribution in [0, 0.1) is 6.92 Å². The van der Waals surface area contributed by atoms with E-state index in [9.17, 15) is 9.59 Å². The van der Waals surface area contributed by atoms with Crippen molar-refractivity contribution in [3.05, 3.63) is 44.7 Å². The van der Waals surface area contributed by atoms with Gasteiger partial charge in [-0.25, -0.2) is 4.98 Å². The fourth-order valence-corrected chi connectivity index (χ4v) is 5.25. The maximum absolute atomic E-state index is 13.5. The number of aromatic nitrogens is 2. The third-order valence-electron chi connectivity index (χ3n) is 5.60. The molecule has 0 bridgehead atoms. The zero-order valence-corrected chi connectivity index (χ0v) is 19.4. The highest BCUT2D eigenvalue weighted by molar-refractivity contribution is 8.26. The monoisotopic (exact) mass is 458 g/mol. The van der Waals surface area contributed by atoms with Crippen LogP contribution in [0.1, 0.15) is 36.8 Å². The molecule has 2 fully saturated rings. The molecule has 0 aromatic carbocycles. The van der Waals surface area contributed by atoms with Crippen molar-refractivity contribution < 1.29 is 9.53 Å². The Hall–Kier alpha value is -2.23. The second-order valence-corrected chi connectivity index (χ2v) is 9.44. The van der Waals surface area contributed by atoms with Gasteiger partial charge in [0.05, 0.1) is 10.5 Å². The normalized spacial score (nSPS) is 18.6. The van der Waals surface area contributed by atoms with Crippen LogP contribution in [0.5, 0.6) is 0 Å². The molecule has 9 heteroatoms. The number of ether oxygens (including phenoxy) is 1. The summed E-state index contributed by atoms with van der Waals surface area (Å²) in [6.45, 7) is 4.72. The van der Waals surface area contributed by atoms with Gasteiger partial charge in [-0.3, -0.25) is 18.9 Å². The Morgan fingerprint density at radius 2 is 2.03 bits per heavy atom. The summed E-state index contributed by atoms with van der Waals surface area (Å²) < 4.78 is 7.16. The number of hydrogen-bond donors (Lipinski definition) is 0. The molecule has 0 radical (unpaired) electrons. The number of pyridine rings is 1. The van der Waals surface area contributed by atoms with Crippen LogP contribution in [0.25, 0.3) is 11.7 Å². The summed E-state index contributed by atoms with van der Waals surface area (Å²) in [5, 5.41) is 0. The van der Waals surface area contributed by atoms with Crippen molar-refractivity contribution in [3.63, 3.8) is 0 Å². The largest absolute Gasteiger partial charge is 0.385 e. The zero-order valence-electron chi connectivity index (χ0n) is 17.8. The highest BCUT2D eigenvalue weighted by Crippen LogP contribution is 2.34. The number of nitrogens with zero attached hydrogens (tertiary/aromatic N) is 4. The molecule has 1 amide bonds. The molecule has 31 heavy (non-hydrogen) atoms. The molecule has 0 atom stereocenters. The topological polar surface area (TPSA) is 67.2 Å². The minimum Gasteiger partial charge on any atom is -0.385 e. The Balaban J connectivity index is 1.79. The standard InChI is InChI=1S/C22H26N4O3S2/c1-15-8-6-11-25-18(15)23-19(24-9-4-3-5-10-24)16(20(25)27)14-17-21(28)26(22(30)31-17)12-7-13-29-2/h6,8,11,14H,3-5,7,9-10,12-13H2,1-2H3. The van der Waals surface area contributed by atoms with Gasteiger partial charge in [0.2, 0.25) is 0 Å². The molecule has 0 N–H and O–H groups in total. The summed E-state index contributed by atoms with van der Waals surface area (Å²) in [6.07, 6.45) is 7.42. The van der Waals surface area contributed by atoms with Crippen LogP contribution in [0.4, 0.5) is 5.82 Å².